The van der Waals surface area contributed by atoms with Crippen molar-refractivity contribution >= 4 is 5.97 Å². The molecule has 0 saturated carbocycles. The minimum Gasteiger partial charge on any atom is -0.459 e. The summed E-state index contributed by atoms with van der Waals surface area (Å²) in [5.74, 6) is -2.15. The molecule has 1 fully saturated rings. The van der Waals surface area contributed by atoms with Crippen LogP contribution in [0.25, 0.3) is 0 Å². The summed E-state index contributed by atoms with van der Waals surface area (Å²) in [7, 11) is 5.70. The Morgan fingerprint density at radius 1 is 1.12 bits per heavy atom. The van der Waals surface area contributed by atoms with Crippen LogP contribution in [0.3, 0.4) is 0 Å². The lowest BCUT2D eigenvalue weighted by molar-refractivity contribution is -0.271. The molecule has 2 aliphatic rings. The first-order valence-corrected chi connectivity index (χ1v) is 14.8. The van der Waals surface area contributed by atoms with Gasteiger partial charge in [-0.15, -0.1) is 0 Å². The monoisotopic (exact) mass is 572 g/mol. The summed E-state index contributed by atoms with van der Waals surface area (Å²) in [5.41, 5.74) is -0.867. The number of aliphatic hydroxyl groups is 4. The van der Waals surface area contributed by atoms with E-state index in [9.17, 15) is 25.2 Å². The maximum Gasteiger partial charge on any atom is 0.311 e. The second-order valence-corrected chi connectivity index (χ2v) is 12.8. The van der Waals surface area contributed by atoms with Crippen LogP contribution in [0.5, 0.6) is 0 Å². The lowest BCUT2D eigenvalue weighted by Gasteiger charge is -2.43. The SMILES string of the molecule is CC[C@H]1OC(=O)[C@H](C)[C@@H](O)[C@H](C)[C@@H](O[C@@H]2O[C@H](C)CC(N(C)C)[C@H]2O)C(C)=C[C@@H](C)CN(C)[C@H](C)[C@@H](O)[C@]1(C)O. The van der Waals surface area contributed by atoms with E-state index in [1.54, 1.807) is 13.8 Å². The molecular weight excluding hydrogens is 516 g/mol. The number of nitrogens with zero attached hydrogens (tertiary/aromatic N) is 2. The molecular formula is C30H56N2O8. The summed E-state index contributed by atoms with van der Waals surface area (Å²) >= 11 is 0. The molecule has 10 heteroatoms. The predicted molar refractivity (Wildman–Crippen MR) is 153 cm³/mol. The maximum atomic E-state index is 13.2. The van der Waals surface area contributed by atoms with E-state index in [0.29, 0.717) is 13.0 Å². The number of likely N-dealkylation sites (N-methyl/N-ethyl adjacent to an activating group) is 2. The Hall–Kier alpha value is -1.11. The maximum absolute atomic E-state index is 13.2. The number of esters is 1. The lowest BCUT2D eigenvalue weighted by atomic mass is 9.85. The van der Waals surface area contributed by atoms with Crippen LogP contribution < -0.4 is 0 Å². The first-order valence-electron chi connectivity index (χ1n) is 14.8. The average molecular weight is 573 g/mol. The molecule has 4 N–H and O–H groups in total. The Balaban J connectivity index is 2.51. The van der Waals surface area contributed by atoms with E-state index in [0.717, 1.165) is 5.57 Å². The average Bonchev–Trinajstić information content (AvgIpc) is 2.88. The normalized spacial score (nSPS) is 45.4. The van der Waals surface area contributed by atoms with Gasteiger partial charge in [0.15, 0.2) is 6.29 Å². The molecule has 0 aromatic heterocycles. The summed E-state index contributed by atoms with van der Waals surface area (Å²) in [6.45, 7) is 15.0. The number of hydrogen-bond donors (Lipinski definition) is 4. The molecule has 0 radical (unpaired) electrons. The van der Waals surface area contributed by atoms with Crippen molar-refractivity contribution in [1.82, 2.24) is 9.80 Å². The Morgan fingerprint density at radius 2 is 1.73 bits per heavy atom. The number of ether oxygens (including phenoxy) is 3. The molecule has 0 aromatic rings. The molecule has 0 amide bonds. The zero-order valence-electron chi connectivity index (χ0n) is 26.4. The van der Waals surface area contributed by atoms with E-state index in [1.165, 1.54) is 6.92 Å². The van der Waals surface area contributed by atoms with Gasteiger partial charge in [-0.05, 0) is 80.1 Å². The van der Waals surface area contributed by atoms with Gasteiger partial charge < -0.3 is 44.4 Å². The van der Waals surface area contributed by atoms with Crippen LogP contribution in [0.1, 0.15) is 68.2 Å². The molecule has 2 aliphatic heterocycles. The van der Waals surface area contributed by atoms with Crippen molar-refractivity contribution < 1.29 is 39.4 Å². The number of cyclic esters (lactones) is 1. The molecule has 0 aromatic carbocycles. The molecule has 0 aliphatic carbocycles. The molecule has 1 saturated heterocycles. The van der Waals surface area contributed by atoms with Crippen molar-refractivity contribution in [2.45, 2.75) is 129 Å². The van der Waals surface area contributed by atoms with Crippen LogP contribution in [0.15, 0.2) is 11.6 Å². The number of hydrogen-bond acceptors (Lipinski definition) is 10. The first-order chi connectivity index (χ1) is 18.4. The van der Waals surface area contributed by atoms with Crippen LogP contribution in [0.4, 0.5) is 0 Å². The van der Waals surface area contributed by atoms with Gasteiger partial charge >= 0.3 is 5.97 Å². The summed E-state index contributed by atoms with van der Waals surface area (Å²) in [5, 5.41) is 45.0. The zero-order chi connectivity index (χ0) is 30.7. The molecule has 0 spiro atoms. The van der Waals surface area contributed by atoms with Crippen molar-refractivity contribution in [1.29, 1.82) is 0 Å². The molecule has 40 heavy (non-hydrogen) atoms. The molecule has 0 bridgehead atoms. The third kappa shape index (κ3) is 8.04. The highest BCUT2D eigenvalue weighted by Crippen LogP contribution is 2.33. The third-order valence-corrected chi connectivity index (χ3v) is 9.06. The van der Waals surface area contributed by atoms with Gasteiger partial charge in [-0.3, -0.25) is 4.79 Å². The third-order valence-electron chi connectivity index (χ3n) is 9.06. The Morgan fingerprint density at radius 3 is 2.27 bits per heavy atom. The molecule has 1 unspecified atom stereocenters. The molecule has 234 valence electrons. The van der Waals surface area contributed by atoms with Crippen LogP contribution in [0.2, 0.25) is 0 Å². The number of carbonyl (C=O) groups excluding carboxylic acids is 1. The highest BCUT2D eigenvalue weighted by atomic mass is 16.7. The van der Waals surface area contributed by atoms with Crippen LogP contribution in [-0.2, 0) is 19.0 Å². The lowest BCUT2D eigenvalue weighted by Crippen LogP contribution is -2.59. The van der Waals surface area contributed by atoms with Gasteiger partial charge in [0.2, 0.25) is 0 Å². The summed E-state index contributed by atoms with van der Waals surface area (Å²) < 4.78 is 18.2. The predicted octanol–water partition coefficient (Wildman–Crippen LogP) is 1.78. The van der Waals surface area contributed by atoms with Crippen molar-refractivity contribution in [2.75, 3.05) is 27.7 Å². The van der Waals surface area contributed by atoms with Crippen molar-refractivity contribution in [3.8, 4) is 0 Å². The van der Waals surface area contributed by atoms with Crippen LogP contribution in [-0.4, -0.2) is 124 Å². The van der Waals surface area contributed by atoms with E-state index >= 15 is 0 Å². The fourth-order valence-electron chi connectivity index (χ4n) is 6.22. The Bertz CT molecular complexity index is 852. The van der Waals surface area contributed by atoms with E-state index in [-0.39, 0.29) is 24.5 Å². The quantitative estimate of drug-likeness (QED) is 0.292. The standard InChI is InChI=1S/C30H56N2O8/c1-12-23-30(8,37)27(35)21(7)32(11)15-16(2)13-17(3)26(19(5)24(33)20(6)28(36)39-23)40-29-25(34)22(31(9)10)14-18(4)38-29/h13,16,18-27,29,33-35,37H,12,14-15H2,1-11H3/t16-,18-,19+,20-,21-,22?,23-,24+,25-,26+,27-,29+,30-/m1/s1. The second kappa shape index (κ2) is 14.4. The van der Waals surface area contributed by atoms with Crippen molar-refractivity contribution in [3.05, 3.63) is 11.6 Å². The van der Waals surface area contributed by atoms with Crippen molar-refractivity contribution in [3.63, 3.8) is 0 Å². The first kappa shape index (κ1) is 35.1. The minimum absolute atomic E-state index is 0.0214. The number of aliphatic hydroxyl groups excluding tert-OH is 3. The van der Waals surface area contributed by atoms with E-state index < -0.39 is 66.3 Å². The minimum atomic E-state index is -1.71. The Labute approximate surface area is 241 Å². The van der Waals surface area contributed by atoms with E-state index in [1.807, 2.05) is 65.6 Å². The van der Waals surface area contributed by atoms with Gasteiger partial charge in [-0.25, -0.2) is 0 Å². The summed E-state index contributed by atoms with van der Waals surface area (Å²) in [6.07, 6.45) is -2.94. The van der Waals surface area contributed by atoms with Gasteiger partial charge in [0.05, 0.1) is 24.2 Å². The highest BCUT2D eigenvalue weighted by Gasteiger charge is 2.46. The summed E-state index contributed by atoms with van der Waals surface area (Å²) in [4.78, 5) is 17.2. The van der Waals surface area contributed by atoms with Gasteiger partial charge in [0, 0.05) is 24.5 Å². The molecule has 13 atom stereocenters. The van der Waals surface area contributed by atoms with E-state index in [2.05, 4.69) is 6.08 Å². The summed E-state index contributed by atoms with van der Waals surface area (Å²) in [6, 6.07) is -0.595. The molecule has 2 rings (SSSR count). The van der Waals surface area contributed by atoms with Gasteiger partial charge in [0.25, 0.3) is 0 Å². The van der Waals surface area contributed by atoms with Crippen molar-refractivity contribution in [2.24, 2.45) is 17.8 Å². The zero-order valence-corrected chi connectivity index (χ0v) is 26.4. The fourth-order valence-corrected chi connectivity index (χ4v) is 6.22. The topological polar surface area (TPSA) is 132 Å². The van der Waals surface area contributed by atoms with E-state index in [4.69, 9.17) is 14.2 Å². The van der Waals surface area contributed by atoms with Gasteiger partial charge in [0.1, 0.15) is 23.9 Å². The fraction of sp³-hybridized carbons (Fsp3) is 0.900. The smallest absolute Gasteiger partial charge is 0.311 e. The van der Waals surface area contributed by atoms with Crippen LogP contribution >= 0.6 is 0 Å². The van der Waals surface area contributed by atoms with Gasteiger partial charge in [-0.2, -0.15) is 0 Å². The Kier molecular flexibility index (Phi) is 12.6. The number of carbonyl (C=O) groups is 1. The molecule has 10 nitrogen and oxygen atoms in total. The van der Waals surface area contributed by atoms with Crippen LogP contribution in [0, 0.1) is 17.8 Å². The number of rotatable bonds is 4. The molecule has 2 heterocycles. The highest BCUT2D eigenvalue weighted by molar-refractivity contribution is 5.73. The second-order valence-electron chi connectivity index (χ2n) is 12.8. The van der Waals surface area contributed by atoms with Gasteiger partial charge in [-0.1, -0.05) is 26.8 Å². The largest absolute Gasteiger partial charge is 0.459 e.